The quantitative estimate of drug-likeness (QED) is 0.771. The van der Waals surface area contributed by atoms with Gasteiger partial charge in [0.1, 0.15) is 18.7 Å². The summed E-state index contributed by atoms with van der Waals surface area (Å²) in [6, 6.07) is -0.331. The zero-order valence-corrected chi connectivity index (χ0v) is 9.87. The molecular formula is C10H18N4O2. The van der Waals surface area contributed by atoms with E-state index < -0.39 is 6.04 Å². The first-order chi connectivity index (χ1) is 7.57. The topological polar surface area (TPSA) is 71.2 Å². The fraction of sp³-hybridized carbons (Fsp3) is 0.700. The van der Waals surface area contributed by atoms with Crippen LogP contribution in [0.25, 0.3) is 0 Å². The van der Waals surface area contributed by atoms with Crippen LogP contribution in [0.5, 0.6) is 0 Å². The van der Waals surface area contributed by atoms with Gasteiger partial charge in [0.25, 0.3) is 0 Å². The minimum Gasteiger partial charge on any atom is -0.395 e. The number of nitrogens with zero attached hydrogens (tertiary/aromatic N) is 4. The Morgan fingerprint density at radius 2 is 2.19 bits per heavy atom. The van der Waals surface area contributed by atoms with Crippen LogP contribution in [-0.4, -0.2) is 49.9 Å². The Hall–Kier alpha value is -1.43. The van der Waals surface area contributed by atoms with Crippen molar-refractivity contribution < 1.29 is 9.90 Å². The maximum Gasteiger partial charge on any atom is 0.247 e. The van der Waals surface area contributed by atoms with E-state index in [4.69, 9.17) is 5.11 Å². The van der Waals surface area contributed by atoms with Gasteiger partial charge in [0, 0.05) is 12.6 Å². The molecule has 1 rings (SSSR count). The summed E-state index contributed by atoms with van der Waals surface area (Å²) in [7, 11) is 0. The van der Waals surface area contributed by atoms with Crippen LogP contribution in [0.3, 0.4) is 0 Å². The third kappa shape index (κ3) is 2.79. The molecule has 90 valence electrons. The predicted molar refractivity (Wildman–Crippen MR) is 58.7 cm³/mol. The summed E-state index contributed by atoms with van der Waals surface area (Å²) < 4.78 is 1.51. The molecule has 6 heteroatoms. The van der Waals surface area contributed by atoms with E-state index in [-0.39, 0.29) is 18.6 Å². The highest BCUT2D eigenvalue weighted by Crippen LogP contribution is 2.10. The molecule has 1 atom stereocenters. The van der Waals surface area contributed by atoms with Crippen molar-refractivity contribution in [1.82, 2.24) is 19.7 Å². The van der Waals surface area contributed by atoms with Crippen LogP contribution in [0.1, 0.15) is 26.8 Å². The Labute approximate surface area is 94.9 Å². The number of amides is 1. The summed E-state index contributed by atoms with van der Waals surface area (Å²) >= 11 is 0. The van der Waals surface area contributed by atoms with Gasteiger partial charge in [-0.15, -0.1) is 0 Å². The van der Waals surface area contributed by atoms with Crippen molar-refractivity contribution in [3.63, 3.8) is 0 Å². The first-order valence-corrected chi connectivity index (χ1v) is 5.33. The molecule has 0 saturated heterocycles. The first-order valence-electron chi connectivity index (χ1n) is 5.33. The summed E-state index contributed by atoms with van der Waals surface area (Å²) in [6.45, 7) is 5.91. The molecule has 0 aliphatic rings. The van der Waals surface area contributed by atoms with Crippen LogP contribution < -0.4 is 0 Å². The average Bonchev–Trinajstić information content (AvgIpc) is 2.76. The molecule has 0 aromatic carbocycles. The highest BCUT2D eigenvalue weighted by Gasteiger charge is 2.23. The number of aliphatic hydroxyl groups excluding tert-OH is 1. The number of hydrogen-bond donors (Lipinski definition) is 1. The molecule has 1 N–H and O–H groups in total. The van der Waals surface area contributed by atoms with Crippen LogP contribution in [0.4, 0.5) is 0 Å². The number of aromatic nitrogens is 3. The number of carbonyl (C=O) groups is 1. The van der Waals surface area contributed by atoms with E-state index in [1.165, 1.54) is 17.3 Å². The van der Waals surface area contributed by atoms with Gasteiger partial charge in [0.2, 0.25) is 5.91 Å². The second kappa shape index (κ2) is 5.60. The molecule has 0 aliphatic heterocycles. The fourth-order valence-corrected chi connectivity index (χ4v) is 1.50. The zero-order valence-electron chi connectivity index (χ0n) is 9.87. The van der Waals surface area contributed by atoms with Crippen molar-refractivity contribution in [3.8, 4) is 0 Å². The normalized spacial score (nSPS) is 12.8. The smallest absolute Gasteiger partial charge is 0.247 e. The summed E-state index contributed by atoms with van der Waals surface area (Å²) in [5.74, 6) is -0.0606. The molecule has 0 radical (unpaired) electrons. The lowest BCUT2D eigenvalue weighted by atomic mass is 10.2. The van der Waals surface area contributed by atoms with Gasteiger partial charge >= 0.3 is 0 Å². The standard InChI is InChI=1S/C10H18N4O2/c1-8(2)13(4-5-15)10(16)9(3)14-7-11-6-12-14/h6-9,15H,4-5H2,1-3H3. The molecule has 1 aromatic rings. The second-order valence-corrected chi connectivity index (χ2v) is 3.90. The maximum atomic E-state index is 12.1. The van der Waals surface area contributed by atoms with Crippen molar-refractivity contribution in [1.29, 1.82) is 0 Å². The number of hydrogen-bond acceptors (Lipinski definition) is 4. The van der Waals surface area contributed by atoms with E-state index in [0.717, 1.165) is 0 Å². The van der Waals surface area contributed by atoms with Crippen molar-refractivity contribution in [3.05, 3.63) is 12.7 Å². The third-order valence-corrected chi connectivity index (χ3v) is 2.44. The molecule has 1 aromatic heterocycles. The van der Waals surface area contributed by atoms with Crippen LogP contribution >= 0.6 is 0 Å². The molecule has 6 nitrogen and oxygen atoms in total. The van der Waals surface area contributed by atoms with Gasteiger partial charge in [0.05, 0.1) is 6.61 Å². The Bertz CT molecular complexity index is 324. The first kappa shape index (κ1) is 12.6. The SMILES string of the molecule is CC(C)N(CCO)C(=O)C(C)n1cncn1. The number of carbonyl (C=O) groups excluding carboxylic acids is 1. The Morgan fingerprint density at radius 1 is 1.50 bits per heavy atom. The maximum absolute atomic E-state index is 12.1. The van der Waals surface area contributed by atoms with Crippen molar-refractivity contribution >= 4 is 5.91 Å². The molecule has 0 bridgehead atoms. The molecule has 1 amide bonds. The van der Waals surface area contributed by atoms with Gasteiger partial charge in [-0.2, -0.15) is 5.10 Å². The summed E-state index contributed by atoms with van der Waals surface area (Å²) in [4.78, 5) is 17.5. The molecule has 0 fully saturated rings. The van der Waals surface area contributed by atoms with Gasteiger partial charge in [0.15, 0.2) is 0 Å². The van der Waals surface area contributed by atoms with Gasteiger partial charge in [-0.3, -0.25) is 4.79 Å². The minimum absolute atomic E-state index is 0.0337. The average molecular weight is 226 g/mol. The lowest BCUT2D eigenvalue weighted by molar-refractivity contribution is -0.136. The van der Waals surface area contributed by atoms with Gasteiger partial charge < -0.3 is 10.0 Å². The predicted octanol–water partition coefficient (Wildman–Crippen LogP) is 0.0684. The van der Waals surface area contributed by atoms with E-state index in [1.807, 2.05) is 13.8 Å². The Morgan fingerprint density at radius 3 is 2.62 bits per heavy atom. The lowest BCUT2D eigenvalue weighted by Gasteiger charge is -2.28. The van der Waals surface area contributed by atoms with Crippen LogP contribution in [0.15, 0.2) is 12.7 Å². The Kier molecular flexibility index (Phi) is 4.42. The monoisotopic (exact) mass is 226 g/mol. The zero-order chi connectivity index (χ0) is 12.1. The van der Waals surface area contributed by atoms with Gasteiger partial charge in [-0.05, 0) is 20.8 Å². The van der Waals surface area contributed by atoms with Gasteiger partial charge in [-0.25, -0.2) is 9.67 Å². The third-order valence-electron chi connectivity index (χ3n) is 2.44. The van der Waals surface area contributed by atoms with E-state index in [9.17, 15) is 4.79 Å². The molecule has 1 heterocycles. The van der Waals surface area contributed by atoms with E-state index in [0.29, 0.717) is 6.54 Å². The van der Waals surface area contributed by atoms with Crippen molar-refractivity contribution in [2.75, 3.05) is 13.2 Å². The van der Waals surface area contributed by atoms with E-state index in [1.54, 1.807) is 11.8 Å². The second-order valence-electron chi connectivity index (χ2n) is 3.90. The molecule has 0 spiro atoms. The van der Waals surface area contributed by atoms with E-state index in [2.05, 4.69) is 10.1 Å². The molecular weight excluding hydrogens is 208 g/mol. The minimum atomic E-state index is -0.392. The Balaban J connectivity index is 2.74. The highest BCUT2D eigenvalue weighted by molar-refractivity contribution is 5.80. The number of aliphatic hydroxyl groups is 1. The van der Waals surface area contributed by atoms with Crippen LogP contribution in [0.2, 0.25) is 0 Å². The van der Waals surface area contributed by atoms with Crippen LogP contribution in [0, 0.1) is 0 Å². The highest BCUT2D eigenvalue weighted by atomic mass is 16.3. The summed E-state index contributed by atoms with van der Waals surface area (Å²) in [6.07, 6.45) is 2.91. The van der Waals surface area contributed by atoms with Crippen molar-refractivity contribution in [2.45, 2.75) is 32.9 Å². The molecule has 16 heavy (non-hydrogen) atoms. The lowest BCUT2D eigenvalue weighted by Crippen LogP contribution is -2.42. The summed E-state index contributed by atoms with van der Waals surface area (Å²) in [5.41, 5.74) is 0. The van der Waals surface area contributed by atoms with Crippen LogP contribution in [-0.2, 0) is 4.79 Å². The number of rotatable bonds is 5. The van der Waals surface area contributed by atoms with E-state index >= 15 is 0 Å². The molecule has 1 unspecified atom stereocenters. The van der Waals surface area contributed by atoms with Crippen molar-refractivity contribution in [2.24, 2.45) is 0 Å². The largest absolute Gasteiger partial charge is 0.395 e. The molecule has 0 saturated carbocycles. The fourth-order valence-electron chi connectivity index (χ4n) is 1.50. The summed E-state index contributed by atoms with van der Waals surface area (Å²) in [5, 5.41) is 12.9. The van der Waals surface area contributed by atoms with Gasteiger partial charge in [-0.1, -0.05) is 0 Å². The molecule has 0 aliphatic carbocycles.